The lowest BCUT2D eigenvalue weighted by atomic mass is 10.0. The van der Waals surface area contributed by atoms with Crippen molar-refractivity contribution in [3.63, 3.8) is 0 Å². The quantitative estimate of drug-likeness (QED) is 0.436. The van der Waals surface area contributed by atoms with E-state index >= 15 is 0 Å². The zero-order chi connectivity index (χ0) is 20.7. The summed E-state index contributed by atoms with van der Waals surface area (Å²) in [6, 6.07) is 12.8. The fourth-order valence-electron chi connectivity index (χ4n) is 3.47. The van der Waals surface area contributed by atoms with Crippen LogP contribution in [0.5, 0.6) is 0 Å². The first-order valence-corrected chi connectivity index (χ1v) is 9.00. The highest BCUT2D eigenvalue weighted by Gasteiger charge is 2.45. The smallest absolute Gasteiger partial charge is 0.315 e. The molecule has 2 heterocycles. The molecular weight excluding hydrogens is 374 g/mol. The van der Waals surface area contributed by atoms with E-state index in [-0.39, 0.29) is 24.4 Å². The number of likely N-dealkylation sites (N-methyl/N-ethyl adjacent to an activating group) is 1. The summed E-state index contributed by atoms with van der Waals surface area (Å²) in [4.78, 5) is 64.5. The summed E-state index contributed by atoms with van der Waals surface area (Å²) in [6.45, 7) is -0.570. The third kappa shape index (κ3) is 3.18. The Kier molecular flexibility index (Phi) is 4.46. The summed E-state index contributed by atoms with van der Waals surface area (Å²) in [5.41, 5.74) is 2.41. The van der Waals surface area contributed by atoms with Crippen LogP contribution in [0.2, 0.25) is 0 Å². The van der Waals surface area contributed by atoms with Gasteiger partial charge in [-0.2, -0.15) is 0 Å². The van der Waals surface area contributed by atoms with E-state index in [1.807, 2.05) is 0 Å². The Hall–Kier alpha value is -3.81. The number of urea groups is 1. The summed E-state index contributed by atoms with van der Waals surface area (Å²) >= 11 is 0. The molecule has 2 aliphatic rings. The van der Waals surface area contributed by atoms with Gasteiger partial charge >= 0.3 is 17.8 Å². The highest BCUT2D eigenvalue weighted by molar-refractivity contribution is 6.45. The van der Waals surface area contributed by atoms with Gasteiger partial charge in [0.05, 0.1) is 19.5 Å². The first kappa shape index (κ1) is 18.5. The largest absolute Gasteiger partial charge is 0.334 e. The fraction of sp³-hybridized carbons (Fsp3) is 0.190. The third-order valence-corrected chi connectivity index (χ3v) is 5.10. The molecule has 5 amide bonds. The van der Waals surface area contributed by atoms with Gasteiger partial charge in [0.15, 0.2) is 5.78 Å². The van der Waals surface area contributed by atoms with Crippen LogP contribution < -0.4 is 4.90 Å². The molecule has 0 spiro atoms. The molecule has 0 atom stereocenters. The van der Waals surface area contributed by atoms with Gasteiger partial charge in [-0.25, -0.2) is 9.69 Å². The van der Waals surface area contributed by atoms with Gasteiger partial charge in [0.1, 0.15) is 0 Å². The van der Waals surface area contributed by atoms with Crippen molar-refractivity contribution in [3.05, 3.63) is 65.2 Å². The van der Waals surface area contributed by atoms with Crippen molar-refractivity contribution in [3.8, 4) is 0 Å². The van der Waals surface area contributed by atoms with E-state index in [0.29, 0.717) is 16.0 Å². The van der Waals surface area contributed by atoms with Crippen molar-refractivity contribution < 1.29 is 24.0 Å². The predicted molar refractivity (Wildman–Crippen MR) is 102 cm³/mol. The molecule has 0 N–H and O–H groups in total. The average molecular weight is 391 g/mol. The number of fused-ring (bicyclic) bond motifs is 1. The molecule has 4 rings (SSSR count). The number of nitrogens with zero attached hydrogens (tertiary/aromatic N) is 3. The minimum atomic E-state index is -1.02. The van der Waals surface area contributed by atoms with Gasteiger partial charge in [-0.05, 0) is 29.3 Å². The summed E-state index contributed by atoms with van der Waals surface area (Å²) in [6.07, 6.45) is 0.192. The van der Waals surface area contributed by atoms with Gasteiger partial charge in [0.2, 0.25) is 5.91 Å². The first-order chi connectivity index (χ1) is 13.9. The Labute approximate surface area is 166 Å². The zero-order valence-corrected chi connectivity index (χ0v) is 15.6. The normalized spacial score (nSPS) is 16.1. The number of benzene rings is 2. The van der Waals surface area contributed by atoms with Crippen LogP contribution in [0, 0.1) is 0 Å². The molecule has 29 heavy (non-hydrogen) atoms. The Morgan fingerprint density at radius 3 is 2.34 bits per heavy atom. The molecule has 2 aliphatic heterocycles. The van der Waals surface area contributed by atoms with E-state index in [4.69, 9.17) is 0 Å². The van der Waals surface area contributed by atoms with Crippen LogP contribution in [0.15, 0.2) is 48.5 Å². The Balaban J connectivity index is 1.51. The van der Waals surface area contributed by atoms with E-state index in [9.17, 15) is 24.0 Å². The van der Waals surface area contributed by atoms with Gasteiger partial charge in [-0.15, -0.1) is 0 Å². The van der Waals surface area contributed by atoms with Crippen LogP contribution in [0.25, 0.3) is 0 Å². The van der Waals surface area contributed by atoms with Crippen LogP contribution in [0.3, 0.4) is 0 Å². The summed E-state index contributed by atoms with van der Waals surface area (Å²) in [5.74, 6) is -2.52. The van der Waals surface area contributed by atoms with Crippen molar-refractivity contribution in [2.45, 2.75) is 13.0 Å². The van der Waals surface area contributed by atoms with Crippen molar-refractivity contribution in [1.82, 2.24) is 9.80 Å². The van der Waals surface area contributed by atoms with E-state index in [2.05, 4.69) is 0 Å². The summed E-state index contributed by atoms with van der Waals surface area (Å²) < 4.78 is 0. The number of imide groups is 2. The Morgan fingerprint density at radius 2 is 1.62 bits per heavy atom. The number of rotatable bonds is 5. The minimum Gasteiger partial charge on any atom is -0.315 e. The standard InChI is InChI=1S/C21H17N3O5/c1-22-16-8-7-14(9-15(16)10-18(22)26)17(25)12-24-20(28)19(27)23(21(24)29)11-13-5-3-2-4-6-13/h2-9H,10-12H2,1H3. The highest BCUT2D eigenvalue weighted by atomic mass is 16.2. The second-order valence-corrected chi connectivity index (χ2v) is 6.95. The molecule has 0 unspecified atom stereocenters. The van der Waals surface area contributed by atoms with Crippen LogP contribution in [0.1, 0.15) is 21.5 Å². The molecule has 1 fully saturated rings. The van der Waals surface area contributed by atoms with Gasteiger partial charge in [0, 0.05) is 18.3 Å². The number of ketones is 1. The number of Topliss-reactive ketones (excluding diaryl/α,β-unsaturated/α-hetero) is 1. The number of anilines is 1. The molecule has 1 saturated heterocycles. The second-order valence-electron chi connectivity index (χ2n) is 6.95. The SMILES string of the molecule is CN1C(=O)Cc2cc(C(=O)CN3C(=O)C(=O)N(Cc4ccccc4)C3=O)ccc21. The lowest BCUT2D eigenvalue weighted by Crippen LogP contribution is -2.36. The monoisotopic (exact) mass is 391 g/mol. The van der Waals surface area contributed by atoms with Crippen molar-refractivity contribution in [1.29, 1.82) is 0 Å². The number of amides is 5. The maximum absolute atomic E-state index is 12.7. The van der Waals surface area contributed by atoms with E-state index in [1.54, 1.807) is 55.6 Å². The highest BCUT2D eigenvalue weighted by Crippen LogP contribution is 2.28. The van der Waals surface area contributed by atoms with Gasteiger partial charge < -0.3 is 4.90 Å². The predicted octanol–water partition coefficient (Wildman–Crippen LogP) is 1.38. The summed E-state index contributed by atoms with van der Waals surface area (Å²) in [5, 5.41) is 0. The maximum Gasteiger partial charge on any atom is 0.334 e. The number of carbonyl (C=O) groups excluding carboxylic acids is 5. The van der Waals surface area contributed by atoms with Gasteiger partial charge in [-0.3, -0.25) is 24.1 Å². The van der Waals surface area contributed by atoms with Crippen molar-refractivity contribution in [2.75, 3.05) is 18.5 Å². The molecule has 0 aliphatic carbocycles. The first-order valence-electron chi connectivity index (χ1n) is 9.00. The lowest BCUT2D eigenvalue weighted by Gasteiger charge is -2.15. The number of hydrogen-bond donors (Lipinski definition) is 0. The molecule has 8 heteroatoms. The number of hydrogen-bond acceptors (Lipinski definition) is 5. The van der Waals surface area contributed by atoms with E-state index in [1.165, 1.54) is 4.90 Å². The van der Waals surface area contributed by atoms with Gasteiger partial charge in [-0.1, -0.05) is 30.3 Å². The molecule has 2 aromatic carbocycles. The fourth-order valence-corrected chi connectivity index (χ4v) is 3.47. The second kappa shape index (κ2) is 6.97. The van der Waals surface area contributed by atoms with Crippen LogP contribution in [-0.4, -0.2) is 52.9 Å². The zero-order valence-electron chi connectivity index (χ0n) is 15.6. The minimum absolute atomic E-state index is 0.0395. The molecule has 0 radical (unpaired) electrons. The Bertz CT molecular complexity index is 1060. The Morgan fingerprint density at radius 1 is 0.931 bits per heavy atom. The third-order valence-electron chi connectivity index (χ3n) is 5.10. The van der Waals surface area contributed by atoms with Gasteiger partial charge in [0.25, 0.3) is 0 Å². The molecule has 146 valence electrons. The van der Waals surface area contributed by atoms with Crippen LogP contribution in [0.4, 0.5) is 10.5 Å². The summed E-state index contributed by atoms with van der Waals surface area (Å²) in [7, 11) is 1.66. The van der Waals surface area contributed by atoms with Crippen molar-refractivity contribution >= 4 is 35.2 Å². The van der Waals surface area contributed by atoms with Crippen LogP contribution >= 0.6 is 0 Å². The molecule has 8 nitrogen and oxygen atoms in total. The van der Waals surface area contributed by atoms with Crippen LogP contribution in [-0.2, 0) is 27.3 Å². The molecule has 2 aromatic rings. The van der Waals surface area contributed by atoms with E-state index < -0.39 is 30.2 Å². The number of carbonyl (C=O) groups is 5. The molecule has 0 aromatic heterocycles. The lowest BCUT2D eigenvalue weighted by molar-refractivity contribution is -0.143. The maximum atomic E-state index is 12.7. The molecule has 0 bridgehead atoms. The topological polar surface area (TPSA) is 95.1 Å². The van der Waals surface area contributed by atoms with Crippen molar-refractivity contribution in [2.24, 2.45) is 0 Å². The molecular formula is C21H17N3O5. The molecule has 0 saturated carbocycles. The average Bonchev–Trinajstić information content (AvgIpc) is 3.11. The van der Waals surface area contributed by atoms with E-state index in [0.717, 1.165) is 10.6 Å².